The van der Waals surface area contributed by atoms with Gasteiger partial charge in [0.15, 0.2) is 0 Å². The topological polar surface area (TPSA) is 63.4 Å². The summed E-state index contributed by atoms with van der Waals surface area (Å²) in [5.74, 6) is 0.872. The Labute approximate surface area is 174 Å². The first kappa shape index (κ1) is 24.8. The van der Waals surface area contributed by atoms with Crippen LogP contribution in [0.25, 0.3) is 0 Å². The van der Waals surface area contributed by atoms with Crippen molar-refractivity contribution in [3.63, 3.8) is 0 Å². The van der Waals surface area contributed by atoms with Gasteiger partial charge in [-0.2, -0.15) is 0 Å². The van der Waals surface area contributed by atoms with Gasteiger partial charge in [0.2, 0.25) is 0 Å². The molecule has 2 aliphatic heterocycles. The van der Waals surface area contributed by atoms with Crippen molar-refractivity contribution < 1.29 is 0 Å². The zero-order valence-corrected chi connectivity index (χ0v) is 18.9. The predicted molar refractivity (Wildman–Crippen MR) is 119 cm³/mol. The van der Waals surface area contributed by atoms with Crippen LogP contribution in [0, 0.1) is 0 Å². The fourth-order valence-corrected chi connectivity index (χ4v) is 3.20. The number of aromatic nitrogens is 3. The standard InChI is InChI=1S/C10H14N2O.C8H11N3O.2C2H6/c1-2-11-6-7-12-9(8-11)4-3-5-10(12)13;1-10-4-5-11-7(6-10)9-3-2-8(11)12;2*1-2/h3-5H,2,6-8H2,1H3;2-3H,4-6H2,1H3;2*1-2H3. The SMILES string of the molecule is CC.CC.CCN1CCn2c(cccc2=O)C1.CN1CCn2c(nccc2=O)C1. The van der Waals surface area contributed by atoms with Crippen LogP contribution in [-0.2, 0) is 26.2 Å². The zero-order chi connectivity index (χ0) is 21.8. The van der Waals surface area contributed by atoms with E-state index in [0.717, 1.165) is 57.3 Å². The highest BCUT2D eigenvalue weighted by Crippen LogP contribution is 2.08. The van der Waals surface area contributed by atoms with Gasteiger partial charge in [-0.25, -0.2) is 4.98 Å². The van der Waals surface area contributed by atoms with Crippen LogP contribution in [-0.4, -0.2) is 50.6 Å². The van der Waals surface area contributed by atoms with Crippen LogP contribution in [0.5, 0.6) is 0 Å². The third kappa shape index (κ3) is 6.94. The smallest absolute Gasteiger partial charge is 0.253 e. The Kier molecular flexibility index (Phi) is 11.2. The first-order valence-electron chi connectivity index (χ1n) is 10.7. The van der Waals surface area contributed by atoms with Crippen molar-refractivity contribution in [1.29, 1.82) is 0 Å². The van der Waals surface area contributed by atoms with Gasteiger partial charge in [-0.15, -0.1) is 0 Å². The second-order valence-corrected chi connectivity index (χ2v) is 6.46. The van der Waals surface area contributed by atoms with Crippen LogP contribution in [0.4, 0.5) is 0 Å². The highest BCUT2D eigenvalue weighted by molar-refractivity contribution is 5.08. The average molecular weight is 404 g/mol. The van der Waals surface area contributed by atoms with E-state index < -0.39 is 0 Å². The highest BCUT2D eigenvalue weighted by Gasteiger charge is 2.14. The van der Waals surface area contributed by atoms with Gasteiger partial charge in [0.25, 0.3) is 11.1 Å². The predicted octanol–water partition coefficient (Wildman–Crippen LogP) is 2.42. The Balaban J connectivity index is 0.000000248. The van der Waals surface area contributed by atoms with E-state index in [4.69, 9.17) is 0 Å². The van der Waals surface area contributed by atoms with Gasteiger partial charge in [0, 0.05) is 56.7 Å². The molecule has 0 saturated heterocycles. The zero-order valence-electron chi connectivity index (χ0n) is 18.9. The molecule has 0 spiro atoms. The molecule has 0 radical (unpaired) electrons. The van der Waals surface area contributed by atoms with Crippen molar-refractivity contribution in [3.8, 4) is 0 Å². The lowest BCUT2D eigenvalue weighted by molar-refractivity contribution is 0.228. The molecule has 29 heavy (non-hydrogen) atoms. The van der Waals surface area contributed by atoms with E-state index in [0.29, 0.717) is 0 Å². The number of nitrogens with zero attached hydrogens (tertiary/aromatic N) is 5. The summed E-state index contributed by atoms with van der Waals surface area (Å²) in [6, 6.07) is 7.01. The molecule has 4 heterocycles. The van der Waals surface area contributed by atoms with Gasteiger partial charge in [-0.1, -0.05) is 40.7 Å². The van der Waals surface area contributed by atoms with Crippen LogP contribution in [0.2, 0.25) is 0 Å². The fraction of sp³-hybridized carbons (Fsp3) is 0.591. The van der Waals surface area contributed by atoms with Crippen molar-refractivity contribution >= 4 is 0 Å². The van der Waals surface area contributed by atoms with Gasteiger partial charge in [-0.3, -0.25) is 24.0 Å². The Morgan fingerprint density at radius 2 is 1.52 bits per heavy atom. The molecule has 0 aliphatic carbocycles. The van der Waals surface area contributed by atoms with Gasteiger partial charge in [-0.05, 0) is 19.7 Å². The lowest BCUT2D eigenvalue weighted by Crippen LogP contribution is -2.38. The van der Waals surface area contributed by atoms with E-state index >= 15 is 0 Å². The molecule has 0 unspecified atom stereocenters. The molecule has 2 aliphatic rings. The summed E-state index contributed by atoms with van der Waals surface area (Å²) < 4.78 is 3.60. The van der Waals surface area contributed by atoms with Gasteiger partial charge >= 0.3 is 0 Å². The quantitative estimate of drug-likeness (QED) is 0.732. The Hall–Kier alpha value is -2.25. The highest BCUT2D eigenvalue weighted by atomic mass is 16.1. The molecule has 0 atom stereocenters. The minimum atomic E-state index is 0.0631. The van der Waals surface area contributed by atoms with Gasteiger partial charge < -0.3 is 4.57 Å². The van der Waals surface area contributed by atoms with E-state index in [2.05, 4.69) is 21.7 Å². The molecule has 4 rings (SSSR count). The summed E-state index contributed by atoms with van der Waals surface area (Å²) in [6.45, 7) is 16.4. The van der Waals surface area contributed by atoms with E-state index in [-0.39, 0.29) is 11.1 Å². The number of rotatable bonds is 1. The van der Waals surface area contributed by atoms with Crippen molar-refractivity contribution in [2.45, 2.75) is 60.8 Å². The molecule has 0 bridgehead atoms. The number of pyridine rings is 1. The van der Waals surface area contributed by atoms with Crippen LogP contribution in [0.3, 0.4) is 0 Å². The first-order valence-corrected chi connectivity index (χ1v) is 10.7. The molecule has 7 heteroatoms. The number of hydrogen-bond donors (Lipinski definition) is 0. The average Bonchev–Trinajstić information content (AvgIpc) is 2.77. The molecule has 2 aromatic rings. The normalized spacial score (nSPS) is 15.2. The Morgan fingerprint density at radius 1 is 0.862 bits per heavy atom. The molecular weight excluding hydrogens is 366 g/mol. The minimum absolute atomic E-state index is 0.0631. The molecule has 0 amide bonds. The van der Waals surface area contributed by atoms with Gasteiger partial charge in [0.1, 0.15) is 5.82 Å². The molecule has 0 N–H and O–H groups in total. The third-order valence-corrected chi connectivity index (χ3v) is 4.75. The Bertz CT molecular complexity index is 844. The Morgan fingerprint density at radius 3 is 2.21 bits per heavy atom. The molecule has 0 aromatic carbocycles. The largest absolute Gasteiger partial charge is 0.310 e. The summed E-state index contributed by atoms with van der Waals surface area (Å²) in [4.78, 5) is 31.3. The van der Waals surface area contributed by atoms with Crippen LogP contribution in [0.1, 0.15) is 46.1 Å². The van der Waals surface area contributed by atoms with E-state index in [9.17, 15) is 9.59 Å². The van der Waals surface area contributed by atoms with Crippen molar-refractivity contribution in [2.75, 3.05) is 26.7 Å². The lowest BCUT2D eigenvalue weighted by Gasteiger charge is -2.28. The molecule has 162 valence electrons. The van der Waals surface area contributed by atoms with Crippen LogP contribution >= 0.6 is 0 Å². The van der Waals surface area contributed by atoms with E-state index in [1.807, 2.05) is 51.4 Å². The minimum Gasteiger partial charge on any atom is -0.310 e. The second kappa shape index (κ2) is 13.1. The molecule has 0 fully saturated rings. The van der Waals surface area contributed by atoms with E-state index in [1.54, 1.807) is 16.8 Å². The second-order valence-electron chi connectivity index (χ2n) is 6.46. The lowest BCUT2D eigenvalue weighted by atomic mass is 10.2. The summed E-state index contributed by atoms with van der Waals surface area (Å²) >= 11 is 0. The maximum absolute atomic E-state index is 11.4. The maximum Gasteiger partial charge on any atom is 0.253 e. The van der Waals surface area contributed by atoms with Crippen LogP contribution < -0.4 is 11.1 Å². The van der Waals surface area contributed by atoms with Crippen molar-refractivity contribution in [1.82, 2.24) is 23.9 Å². The number of likely N-dealkylation sites (N-methyl/N-ethyl adjacent to an activating group) is 2. The van der Waals surface area contributed by atoms with Gasteiger partial charge in [0.05, 0.1) is 6.54 Å². The summed E-state index contributed by atoms with van der Waals surface area (Å²) in [5.41, 5.74) is 1.34. The van der Waals surface area contributed by atoms with Crippen molar-refractivity contribution in [3.05, 3.63) is 62.7 Å². The summed E-state index contributed by atoms with van der Waals surface area (Å²) in [5, 5.41) is 0. The molecular formula is C22H37N5O2. The molecule has 2 aromatic heterocycles. The summed E-state index contributed by atoms with van der Waals surface area (Å²) in [6.07, 6.45) is 1.58. The first-order chi connectivity index (χ1) is 14.1. The fourth-order valence-electron chi connectivity index (χ4n) is 3.20. The number of hydrogen-bond acceptors (Lipinski definition) is 5. The van der Waals surface area contributed by atoms with E-state index in [1.165, 1.54) is 6.07 Å². The van der Waals surface area contributed by atoms with Crippen molar-refractivity contribution in [2.24, 2.45) is 0 Å². The number of fused-ring (bicyclic) bond motifs is 2. The summed E-state index contributed by atoms with van der Waals surface area (Å²) in [7, 11) is 2.03. The molecule has 7 nitrogen and oxygen atoms in total. The third-order valence-electron chi connectivity index (χ3n) is 4.75. The monoisotopic (exact) mass is 403 g/mol. The van der Waals surface area contributed by atoms with Crippen LogP contribution in [0.15, 0.2) is 40.1 Å². The maximum atomic E-state index is 11.4. The molecule has 0 saturated carbocycles.